The van der Waals surface area contributed by atoms with Gasteiger partial charge >= 0.3 is 0 Å². The minimum Gasteiger partial charge on any atom is -0.351 e. The second-order valence-corrected chi connectivity index (χ2v) is 5.25. The second kappa shape index (κ2) is 5.54. The molecule has 0 amide bonds. The first kappa shape index (κ1) is 14.2. The summed E-state index contributed by atoms with van der Waals surface area (Å²) in [7, 11) is 2.06. The molecular formula is C14H16N8. The lowest BCUT2D eigenvalue weighted by Gasteiger charge is -2.33. The van der Waals surface area contributed by atoms with Crippen LogP contribution >= 0.6 is 0 Å². The van der Waals surface area contributed by atoms with E-state index < -0.39 is 0 Å². The standard InChI is InChI=1S/C14H16N8/c1-20-2-4-21(5-3-20)14-12(17)22(9-16)11-6-10(7-15)8-18-13(11)19-14/h6,8-9,16-17H,2-5H2,1H3. The number of pyridine rings is 1. The van der Waals surface area contributed by atoms with Gasteiger partial charge in [-0.15, -0.1) is 0 Å². The molecule has 3 rings (SSSR count). The van der Waals surface area contributed by atoms with Crippen molar-refractivity contribution in [3.05, 3.63) is 23.3 Å². The maximum atomic E-state index is 8.98. The lowest BCUT2D eigenvalue weighted by atomic mass is 10.3. The average Bonchev–Trinajstić information content (AvgIpc) is 2.55. The predicted molar refractivity (Wildman–Crippen MR) is 82.0 cm³/mol. The van der Waals surface area contributed by atoms with E-state index in [2.05, 4.69) is 21.9 Å². The summed E-state index contributed by atoms with van der Waals surface area (Å²) in [5.74, 6) is 0.529. The number of nitrogens with one attached hydrogen (secondary N) is 2. The smallest absolute Gasteiger partial charge is 0.178 e. The number of aromatic nitrogens is 3. The van der Waals surface area contributed by atoms with Gasteiger partial charge in [0.25, 0.3) is 0 Å². The summed E-state index contributed by atoms with van der Waals surface area (Å²) < 4.78 is 1.41. The molecule has 0 saturated carbocycles. The monoisotopic (exact) mass is 296 g/mol. The van der Waals surface area contributed by atoms with E-state index >= 15 is 0 Å². The van der Waals surface area contributed by atoms with Crippen molar-refractivity contribution in [2.24, 2.45) is 0 Å². The lowest BCUT2D eigenvalue weighted by Crippen LogP contribution is -2.47. The molecule has 0 unspecified atom stereocenters. The zero-order valence-corrected chi connectivity index (χ0v) is 12.2. The average molecular weight is 296 g/mol. The summed E-state index contributed by atoms with van der Waals surface area (Å²) in [6.45, 7) is 3.39. The van der Waals surface area contributed by atoms with E-state index in [9.17, 15) is 0 Å². The number of nitrogens with zero attached hydrogens (tertiary/aromatic N) is 6. The van der Waals surface area contributed by atoms with Crippen LogP contribution in [0.15, 0.2) is 12.3 Å². The Bertz CT molecular complexity index is 823. The van der Waals surface area contributed by atoms with Gasteiger partial charge in [-0.05, 0) is 13.1 Å². The van der Waals surface area contributed by atoms with Crippen molar-refractivity contribution >= 4 is 23.3 Å². The van der Waals surface area contributed by atoms with Crippen LogP contribution in [0.2, 0.25) is 0 Å². The number of nitriles is 1. The molecule has 0 radical (unpaired) electrons. The van der Waals surface area contributed by atoms with Crippen LogP contribution in [0.4, 0.5) is 5.82 Å². The maximum absolute atomic E-state index is 8.98. The Morgan fingerprint density at radius 2 is 2.05 bits per heavy atom. The van der Waals surface area contributed by atoms with Crippen LogP contribution in [-0.2, 0) is 0 Å². The van der Waals surface area contributed by atoms with Crippen molar-refractivity contribution in [2.75, 3.05) is 38.1 Å². The van der Waals surface area contributed by atoms with Crippen LogP contribution in [0.5, 0.6) is 0 Å². The maximum Gasteiger partial charge on any atom is 0.178 e. The number of rotatable bonds is 2. The van der Waals surface area contributed by atoms with Crippen LogP contribution in [0.25, 0.3) is 11.2 Å². The van der Waals surface area contributed by atoms with Gasteiger partial charge in [0, 0.05) is 32.4 Å². The van der Waals surface area contributed by atoms with Crippen molar-refractivity contribution in [3.63, 3.8) is 0 Å². The largest absolute Gasteiger partial charge is 0.351 e. The van der Waals surface area contributed by atoms with Gasteiger partial charge in [-0.2, -0.15) is 5.26 Å². The minimum absolute atomic E-state index is 0.143. The molecule has 1 fully saturated rings. The SMILES string of the molecule is CN1CCN(c2nc3ncc(C#N)cc3n(C=N)c2=N)CC1. The molecule has 3 heterocycles. The normalized spacial score (nSPS) is 15.7. The third kappa shape index (κ3) is 2.31. The molecule has 0 bridgehead atoms. The zero-order valence-electron chi connectivity index (χ0n) is 12.2. The van der Waals surface area contributed by atoms with Crippen LogP contribution in [-0.4, -0.2) is 59.0 Å². The van der Waals surface area contributed by atoms with E-state index in [-0.39, 0.29) is 5.49 Å². The zero-order chi connectivity index (χ0) is 15.7. The van der Waals surface area contributed by atoms with Gasteiger partial charge < -0.3 is 9.80 Å². The highest BCUT2D eigenvalue weighted by Gasteiger charge is 2.19. The first-order valence-corrected chi connectivity index (χ1v) is 6.95. The van der Waals surface area contributed by atoms with E-state index in [1.54, 1.807) is 6.07 Å². The molecule has 1 aliphatic rings. The van der Waals surface area contributed by atoms with Gasteiger partial charge in [-0.3, -0.25) is 15.4 Å². The van der Waals surface area contributed by atoms with Gasteiger partial charge in [0.2, 0.25) is 0 Å². The number of likely N-dealkylation sites (N-methyl/N-ethyl adjacent to an activating group) is 1. The molecular weight excluding hydrogens is 280 g/mol. The highest BCUT2D eigenvalue weighted by atomic mass is 15.3. The Hall–Kier alpha value is -2.79. The molecule has 8 nitrogen and oxygen atoms in total. The van der Waals surface area contributed by atoms with E-state index in [1.165, 1.54) is 10.8 Å². The fourth-order valence-corrected chi connectivity index (χ4v) is 2.52. The molecule has 2 aromatic rings. The Morgan fingerprint density at radius 1 is 1.32 bits per heavy atom. The number of piperazine rings is 1. The summed E-state index contributed by atoms with van der Waals surface area (Å²) in [6.07, 6.45) is 2.52. The van der Waals surface area contributed by atoms with Crippen LogP contribution in [0.3, 0.4) is 0 Å². The fraction of sp³-hybridized carbons (Fsp3) is 0.357. The summed E-state index contributed by atoms with van der Waals surface area (Å²) in [5.41, 5.74) is 1.46. The molecule has 0 aromatic carbocycles. The van der Waals surface area contributed by atoms with Gasteiger partial charge in [0.1, 0.15) is 6.07 Å². The Labute approximate surface area is 127 Å². The molecule has 0 atom stereocenters. The summed E-state index contributed by atoms with van der Waals surface area (Å²) in [5, 5.41) is 24.9. The van der Waals surface area contributed by atoms with Gasteiger partial charge in [-0.1, -0.05) is 0 Å². The summed E-state index contributed by atoms with van der Waals surface area (Å²) >= 11 is 0. The molecule has 22 heavy (non-hydrogen) atoms. The third-order valence-corrected chi connectivity index (χ3v) is 3.83. The number of fused-ring (bicyclic) bond motifs is 1. The van der Waals surface area contributed by atoms with Gasteiger partial charge in [0.15, 0.2) is 17.0 Å². The number of hydrogen-bond donors (Lipinski definition) is 2. The van der Waals surface area contributed by atoms with Crippen molar-refractivity contribution in [1.29, 1.82) is 16.1 Å². The molecule has 1 aliphatic heterocycles. The van der Waals surface area contributed by atoms with Crippen molar-refractivity contribution < 1.29 is 0 Å². The molecule has 0 aliphatic carbocycles. The van der Waals surface area contributed by atoms with Crippen molar-refractivity contribution in [3.8, 4) is 6.07 Å². The topological polar surface area (TPSA) is 109 Å². The number of hydrogen-bond acceptors (Lipinski definition) is 7. The lowest BCUT2D eigenvalue weighted by molar-refractivity contribution is 0.311. The van der Waals surface area contributed by atoms with Crippen molar-refractivity contribution in [2.45, 2.75) is 0 Å². The summed E-state index contributed by atoms with van der Waals surface area (Å²) in [6, 6.07) is 3.62. The molecule has 0 spiro atoms. The molecule has 8 heteroatoms. The Kier molecular flexibility index (Phi) is 3.56. The predicted octanol–water partition coefficient (Wildman–Crippen LogP) is -0.0106. The fourth-order valence-electron chi connectivity index (χ4n) is 2.52. The Balaban J connectivity index is 2.17. The second-order valence-electron chi connectivity index (χ2n) is 5.25. The molecule has 2 N–H and O–H groups in total. The number of anilines is 1. The molecule has 2 aromatic heterocycles. The highest BCUT2D eigenvalue weighted by Crippen LogP contribution is 2.14. The van der Waals surface area contributed by atoms with Gasteiger partial charge in [-0.25, -0.2) is 9.97 Å². The van der Waals surface area contributed by atoms with Crippen LogP contribution in [0, 0.1) is 22.1 Å². The van der Waals surface area contributed by atoms with Gasteiger partial charge in [0.05, 0.1) is 17.4 Å². The first-order valence-electron chi connectivity index (χ1n) is 6.95. The molecule has 112 valence electrons. The Morgan fingerprint density at radius 3 is 2.68 bits per heavy atom. The third-order valence-electron chi connectivity index (χ3n) is 3.83. The van der Waals surface area contributed by atoms with E-state index in [1.807, 2.05) is 11.0 Å². The quantitative estimate of drug-likeness (QED) is 0.598. The molecule has 1 saturated heterocycles. The van der Waals surface area contributed by atoms with Crippen LogP contribution < -0.4 is 10.4 Å². The van der Waals surface area contributed by atoms with E-state index in [4.69, 9.17) is 16.1 Å². The van der Waals surface area contributed by atoms with Crippen LogP contribution in [0.1, 0.15) is 5.56 Å². The van der Waals surface area contributed by atoms with E-state index in [0.717, 1.165) is 32.5 Å². The van der Waals surface area contributed by atoms with E-state index in [0.29, 0.717) is 22.5 Å². The summed E-state index contributed by atoms with van der Waals surface area (Å²) in [4.78, 5) is 12.9. The first-order chi connectivity index (χ1) is 10.6. The van der Waals surface area contributed by atoms with Crippen molar-refractivity contribution in [1.82, 2.24) is 19.4 Å². The highest BCUT2D eigenvalue weighted by molar-refractivity contribution is 5.80. The minimum atomic E-state index is 0.143.